The highest BCUT2D eigenvalue weighted by atomic mass is 16.5. The van der Waals surface area contributed by atoms with Crippen LogP contribution >= 0.6 is 0 Å². The number of nitrogen functional groups attached to an aromatic ring is 1. The molecule has 0 unspecified atom stereocenters. The molecule has 0 aliphatic heterocycles. The number of imidazole rings is 1. The van der Waals surface area contributed by atoms with Gasteiger partial charge in [0.05, 0.1) is 6.61 Å². The van der Waals surface area contributed by atoms with E-state index >= 15 is 0 Å². The van der Waals surface area contributed by atoms with Gasteiger partial charge in [0, 0.05) is 19.5 Å². The highest BCUT2D eigenvalue weighted by Gasteiger charge is 2.23. The Kier molecular flexibility index (Phi) is 6.20. The first-order valence-electron chi connectivity index (χ1n) is 7.29. The van der Waals surface area contributed by atoms with Crippen LogP contribution in [0.4, 0.5) is 5.82 Å². The molecule has 2 N–H and O–H groups in total. The van der Waals surface area contributed by atoms with E-state index in [9.17, 15) is 9.59 Å². The second-order valence-corrected chi connectivity index (χ2v) is 4.49. The van der Waals surface area contributed by atoms with E-state index in [4.69, 9.17) is 10.5 Å². The minimum Gasteiger partial charge on any atom is -0.461 e. The van der Waals surface area contributed by atoms with Crippen LogP contribution < -0.4 is 5.73 Å². The third kappa shape index (κ3) is 3.74. The minimum absolute atomic E-state index is 0.0470. The molecule has 0 fully saturated rings. The number of ether oxygens (including phenoxy) is 1. The number of likely N-dealkylation sites (N-methyl/N-ethyl adjacent to an activating group) is 1. The molecule has 0 aromatic carbocycles. The van der Waals surface area contributed by atoms with E-state index in [1.807, 2.05) is 20.8 Å². The molecule has 1 rings (SSSR count). The summed E-state index contributed by atoms with van der Waals surface area (Å²) >= 11 is 0. The molecule has 0 saturated heterocycles. The van der Waals surface area contributed by atoms with Gasteiger partial charge in [0.15, 0.2) is 5.69 Å². The van der Waals surface area contributed by atoms with Crippen molar-refractivity contribution in [3.05, 3.63) is 11.5 Å². The number of rotatable bonds is 7. The molecule has 0 atom stereocenters. The van der Waals surface area contributed by atoms with Crippen LogP contribution in [0.2, 0.25) is 0 Å². The topological polar surface area (TPSA) is 90.4 Å². The molecule has 0 spiro atoms. The molecule has 1 aromatic heterocycles. The maximum absolute atomic E-state index is 12.2. The molecule has 0 aliphatic carbocycles. The Bertz CT molecular complexity index is 507. The summed E-state index contributed by atoms with van der Waals surface area (Å²) in [7, 11) is 0. The highest BCUT2D eigenvalue weighted by Crippen LogP contribution is 2.17. The summed E-state index contributed by atoms with van der Waals surface area (Å²) in [5.74, 6) is 0.190. The standard InChI is InChI=1S/C14H24N4O3/c1-5-10-16-12(14(20)21-8-4)13(15)18(10)9-11(19)17(6-2)7-3/h5-9,15H2,1-4H3. The average Bonchev–Trinajstić information content (AvgIpc) is 2.77. The third-order valence-electron chi connectivity index (χ3n) is 3.28. The van der Waals surface area contributed by atoms with E-state index in [0.717, 1.165) is 0 Å². The highest BCUT2D eigenvalue weighted by molar-refractivity contribution is 5.92. The van der Waals surface area contributed by atoms with Gasteiger partial charge in [-0.3, -0.25) is 4.79 Å². The van der Waals surface area contributed by atoms with Gasteiger partial charge < -0.3 is 19.9 Å². The summed E-state index contributed by atoms with van der Waals surface area (Å²) in [6.45, 7) is 9.07. The third-order valence-corrected chi connectivity index (χ3v) is 3.28. The van der Waals surface area contributed by atoms with E-state index in [2.05, 4.69) is 4.98 Å². The second-order valence-electron chi connectivity index (χ2n) is 4.49. The van der Waals surface area contributed by atoms with Crippen molar-refractivity contribution in [1.29, 1.82) is 0 Å². The first-order chi connectivity index (χ1) is 9.99. The lowest BCUT2D eigenvalue weighted by molar-refractivity contribution is -0.131. The molecule has 1 aromatic rings. The van der Waals surface area contributed by atoms with Gasteiger partial charge in [-0.05, 0) is 20.8 Å². The van der Waals surface area contributed by atoms with Gasteiger partial charge in [0.1, 0.15) is 18.2 Å². The van der Waals surface area contributed by atoms with Crippen molar-refractivity contribution in [3.8, 4) is 0 Å². The zero-order chi connectivity index (χ0) is 16.0. The number of aryl methyl sites for hydroxylation is 1. The molecular formula is C14H24N4O3. The number of aromatic nitrogens is 2. The van der Waals surface area contributed by atoms with Crippen LogP contribution in [0.25, 0.3) is 0 Å². The molecule has 118 valence electrons. The van der Waals surface area contributed by atoms with Gasteiger partial charge in [-0.2, -0.15) is 0 Å². The molecule has 0 saturated carbocycles. The van der Waals surface area contributed by atoms with Gasteiger partial charge in [0.25, 0.3) is 0 Å². The van der Waals surface area contributed by atoms with Crippen LogP contribution in [0.15, 0.2) is 0 Å². The van der Waals surface area contributed by atoms with Gasteiger partial charge in [-0.15, -0.1) is 0 Å². The molecule has 0 aliphatic rings. The van der Waals surface area contributed by atoms with Crippen molar-refractivity contribution in [1.82, 2.24) is 14.5 Å². The van der Waals surface area contributed by atoms with E-state index < -0.39 is 5.97 Å². The quantitative estimate of drug-likeness (QED) is 0.760. The van der Waals surface area contributed by atoms with Gasteiger partial charge in [-0.1, -0.05) is 6.92 Å². The van der Waals surface area contributed by atoms with Crippen LogP contribution in [0.3, 0.4) is 0 Å². The minimum atomic E-state index is -0.557. The maximum Gasteiger partial charge on any atom is 0.360 e. The number of amides is 1. The number of carbonyl (C=O) groups is 2. The summed E-state index contributed by atoms with van der Waals surface area (Å²) in [5, 5.41) is 0. The van der Waals surface area contributed by atoms with Crippen LogP contribution in [0.1, 0.15) is 44.0 Å². The number of nitrogens with two attached hydrogens (primary N) is 1. The predicted molar refractivity (Wildman–Crippen MR) is 79.9 cm³/mol. The first kappa shape index (κ1) is 17.0. The van der Waals surface area contributed by atoms with Crippen molar-refractivity contribution in [2.45, 2.75) is 40.7 Å². The van der Waals surface area contributed by atoms with Crippen molar-refractivity contribution < 1.29 is 14.3 Å². The van der Waals surface area contributed by atoms with Gasteiger partial charge in [-0.25, -0.2) is 9.78 Å². The van der Waals surface area contributed by atoms with Crippen molar-refractivity contribution in [2.24, 2.45) is 0 Å². The fraction of sp³-hybridized carbons (Fsp3) is 0.643. The molecule has 0 radical (unpaired) electrons. The predicted octanol–water partition coefficient (Wildman–Crippen LogP) is 1.07. The summed E-state index contributed by atoms with van der Waals surface area (Å²) in [4.78, 5) is 29.9. The molecule has 0 bridgehead atoms. The largest absolute Gasteiger partial charge is 0.461 e. The lowest BCUT2D eigenvalue weighted by atomic mass is 10.4. The lowest BCUT2D eigenvalue weighted by Gasteiger charge is -2.19. The fourth-order valence-electron chi connectivity index (χ4n) is 2.12. The Hall–Kier alpha value is -2.05. The smallest absolute Gasteiger partial charge is 0.360 e. The average molecular weight is 296 g/mol. The fourth-order valence-corrected chi connectivity index (χ4v) is 2.12. The zero-order valence-corrected chi connectivity index (χ0v) is 13.2. The maximum atomic E-state index is 12.2. The molecule has 7 nitrogen and oxygen atoms in total. The number of hydrogen-bond acceptors (Lipinski definition) is 5. The lowest BCUT2D eigenvalue weighted by Crippen LogP contribution is -2.34. The molecular weight excluding hydrogens is 272 g/mol. The monoisotopic (exact) mass is 296 g/mol. The normalized spacial score (nSPS) is 10.5. The Labute approximate surface area is 125 Å². The molecule has 7 heteroatoms. The summed E-state index contributed by atoms with van der Waals surface area (Å²) in [5.41, 5.74) is 6.06. The SMILES string of the molecule is CCOC(=O)c1nc(CC)n(CC(=O)N(CC)CC)c1N. The van der Waals surface area contributed by atoms with E-state index in [0.29, 0.717) is 25.3 Å². The van der Waals surface area contributed by atoms with E-state index in [1.54, 1.807) is 16.4 Å². The van der Waals surface area contributed by atoms with Crippen molar-refractivity contribution >= 4 is 17.7 Å². The molecule has 1 amide bonds. The summed E-state index contributed by atoms with van der Waals surface area (Å²) in [6.07, 6.45) is 0.579. The Morgan fingerprint density at radius 2 is 1.86 bits per heavy atom. The van der Waals surface area contributed by atoms with E-state index in [1.165, 1.54) is 0 Å². The van der Waals surface area contributed by atoms with Crippen molar-refractivity contribution in [3.63, 3.8) is 0 Å². The van der Waals surface area contributed by atoms with Crippen LogP contribution in [-0.4, -0.2) is 46.0 Å². The summed E-state index contributed by atoms with van der Waals surface area (Å²) < 4.78 is 6.52. The first-order valence-corrected chi connectivity index (χ1v) is 7.29. The Balaban J connectivity index is 3.06. The second kappa shape index (κ2) is 7.66. The van der Waals surface area contributed by atoms with Crippen molar-refractivity contribution in [2.75, 3.05) is 25.4 Å². The molecule has 21 heavy (non-hydrogen) atoms. The van der Waals surface area contributed by atoms with Gasteiger partial charge >= 0.3 is 5.97 Å². The number of esters is 1. The van der Waals surface area contributed by atoms with Crippen LogP contribution in [0, 0.1) is 0 Å². The molecule has 1 heterocycles. The number of carbonyl (C=O) groups excluding carboxylic acids is 2. The van der Waals surface area contributed by atoms with E-state index in [-0.39, 0.29) is 30.6 Å². The van der Waals surface area contributed by atoms with Crippen LogP contribution in [0.5, 0.6) is 0 Å². The van der Waals surface area contributed by atoms with Crippen LogP contribution in [-0.2, 0) is 22.5 Å². The zero-order valence-electron chi connectivity index (χ0n) is 13.2. The Morgan fingerprint density at radius 1 is 1.24 bits per heavy atom. The summed E-state index contributed by atoms with van der Waals surface area (Å²) in [6, 6.07) is 0. The number of nitrogens with zero attached hydrogens (tertiary/aromatic N) is 3. The number of anilines is 1. The van der Waals surface area contributed by atoms with Gasteiger partial charge in [0.2, 0.25) is 5.91 Å². The Morgan fingerprint density at radius 3 is 2.33 bits per heavy atom. The number of hydrogen-bond donors (Lipinski definition) is 1.